The van der Waals surface area contributed by atoms with Crippen LogP contribution in [0.15, 0.2) is 71.4 Å². The van der Waals surface area contributed by atoms with Crippen LogP contribution in [0, 0.1) is 76.9 Å². The van der Waals surface area contributed by atoms with Crippen LogP contribution in [0.25, 0.3) is 0 Å². The second-order valence-corrected chi connectivity index (χ2v) is 32.7. The van der Waals surface area contributed by atoms with E-state index >= 15 is 0 Å². The maximum atomic E-state index is 4.06. The van der Waals surface area contributed by atoms with E-state index in [9.17, 15) is 0 Å². The minimum atomic E-state index is 0.702. The smallest absolute Gasteiger partial charge is 0.0265 e. The molecule has 0 fully saturated rings. The molecule has 0 aromatic rings. The molecule has 0 spiro atoms. The van der Waals surface area contributed by atoms with Crippen molar-refractivity contribution in [1.29, 1.82) is 0 Å². The maximum absolute atomic E-state index is 4.06. The number of hydrogen-bond donors (Lipinski definition) is 0. The Bertz CT molecular complexity index is 1560. The first-order valence-corrected chi connectivity index (χ1v) is 40.2. The van der Waals surface area contributed by atoms with Gasteiger partial charge < -0.3 is 0 Å². The van der Waals surface area contributed by atoms with Crippen LogP contribution < -0.4 is 0 Å². The molecule has 0 aliphatic carbocycles. The summed E-state index contributed by atoms with van der Waals surface area (Å²) >= 11 is 0. The van der Waals surface area contributed by atoms with E-state index in [0.29, 0.717) is 5.92 Å². The molecule has 0 aliphatic rings. The zero-order valence-corrected chi connectivity index (χ0v) is 68.5. The van der Waals surface area contributed by atoms with E-state index in [0.717, 1.165) is 77.4 Å². The highest BCUT2D eigenvalue weighted by molar-refractivity contribution is 4.98. The molecule has 0 radical (unpaired) electrons. The Balaban J connectivity index is -0.000000235. The van der Waals surface area contributed by atoms with Crippen molar-refractivity contribution >= 4 is 0 Å². The van der Waals surface area contributed by atoms with Gasteiger partial charge in [0.2, 0.25) is 0 Å². The lowest BCUT2D eigenvalue weighted by molar-refractivity contribution is 0.413. The summed E-state index contributed by atoms with van der Waals surface area (Å²) in [7, 11) is 0. The number of rotatable bonds is 50. The van der Waals surface area contributed by atoms with Gasteiger partial charge in [-0.25, -0.2) is 0 Å². The lowest BCUT2D eigenvalue weighted by atomic mass is 9.93. The minimum Gasteiger partial charge on any atom is -0.103 e. The summed E-state index contributed by atoms with van der Waals surface area (Å²) in [5.74, 6) is 11.4. The Morgan fingerprint density at radius 3 is 0.922 bits per heavy atom. The molecule has 0 amide bonds. The van der Waals surface area contributed by atoms with Gasteiger partial charge in [-0.3, -0.25) is 0 Å². The topological polar surface area (TPSA) is 0 Å². The molecular weight excluding hydrogens is 1080 g/mol. The summed E-state index contributed by atoms with van der Waals surface area (Å²) < 4.78 is 0. The van der Waals surface area contributed by atoms with E-state index in [1.165, 1.54) is 242 Å². The van der Waals surface area contributed by atoms with Crippen LogP contribution in [0.3, 0.4) is 0 Å². The van der Waals surface area contributed by atoms with E-state index in [2.05, 4.69) is 237 Å². The molecule has 0 saturated heterocycles. The SMILES string of the molecule is C/C=C(\C)CCCC(C)CCCC(C)C.C=C(CC)CCCC(C)CCCC(C)C.C=CC(C)CCCC(C)CCCC(C)C.CC/C(C)=C/CCC(C)CCCC(C)C.CCC(C)CC/C=C(\C)CCCC(C)C.CCC(C)CCCC(C)CCC=C(C)C. The third-order valence-electron chi connectivity index (χ3n) is 19.4. The Hall–Kier alpha value is -1.56. The second kappa shape index (κ2) is 73.3. The lowest BCUT2D eigenvalue weighted by Gasteiger charge is -2.13. The number of hydrogen-bond acceptors (Lipinski definition) is 0. The molecule has 90 heavy (non-hydrogen) atoms. The number of allylic oxidation sites excluding steroid dienone is 10. The molecule has 8 atom stereocenters. The van der Waals surface area contributed by atoms with Crippen molar-refractivity contribution < 1.29 is 0 Å². The summed E-state index contributed by atoms with van der Waals surface area (Å²) in [5.41, 5.74) is 7.57. The molecule has 0 N–H and O–H groups in total. The first kappa shape index (κ1) is 99.5. The van der Waals surface area contributed by atoms with Gasteiger partial charge in [0.25, 0.3) is 0 Å². The fourth-order valence-electron chi connectivity index (χ4n) is 11.0. The Labute approximate surface area is 576 Å². The van der Waals surface area contributed by atoms with Crippen LogP contribution >= 0.6 is 0 Å². The first-order chi connectivity index (χ1) is 42.3. The van der Waals surface area contributed by atoms with Gasteiger partial charge >= 0.3 is 0 Å². The maximum Gasteiger partial charge on any atom is -0.0265 e. The van der Waals surface area contributed by atoms with E-state index < -0.39 is 0 Å². The minimum absolute atomic E-state index is 0.702. The molecule has 0 rings (SSSR count). The fraction of sp³-hybridized carbons (Fsp3) is 0.867. The molecule has 0 nitrogen and oxygen atoms in total. The predicted molar refractivity (Wildman–Crippen MR) is 427 cm³/mol. The highest BCUT2D eigenvalue weighted by Crippen LogP contribution is 2.24. The first-order valence-electron chi connectivity index (χ1n) is 40.2. The van der Waals surface area contributed by atoms with Gasteiger partial charge in [-0.2, -0.15) is 0 Å². The molecule has 0 aliphatic heterocycles. The molecular formula is C90H180. The van der Waals surface area contributed by atoms with E-state index in [1.807, 2.05) is 0 Å². The third kappa shape index (κ3) is 92.8. The second-order valence-electron chi connectivity index (χ2n) is 32.7. The molecule has 0 aromatic carbocycles. The van der Waals surface area contributed by atoms with Gasteiger partial charge in [0.05, 0.1) is 0 Å². The Morgan fingerprint density at radius 2 is 0.578 bits per heavy atom. The quantitative estimate of drug-likeness (QED) is 0.0533. The van der Waals surface area contributed by atoms with Crippen molar-refractivity contribution in [1.82, 2.24) is 0 Å². The monoisotopic (exact) mass is 1260 g/mol. The van der Waals surface area contributed by atoms with Crippen molar-refractivity contribution in [2.75, 3.05) is 0 Å². The van der Waals surface area contributed by atoms with Gasteiger partial charge in [0.1, 0.15) is 0 Å². The summed E-state index contributed by atoms with van der Waals surface area (Å²) in [6.45, 7) is 72.3. The summed E-state index contributed by atoms with van der Waals surface area (Å²) in [5, 5.41) is 0. The molecule has 0 bridgehead atoms. The van der Waals surface area contributed by atoms with Gasteiger partial charge in [0.15, 0.2) is 0 Å². The summed E-state index contributed by atoms with van der Waals surface area (Å²) in [6.07, 6.45) is 61.8. The van der Waals surface area contributed by atoms with Crippen molar-refractivity contribution in [2.45, 2.75) is 431 Å². The summed E-state index contributed by atoms with van der Waals surface area (Å²) in [6, 6.07) is 0. The third-order valence-corrected chi connectivity index (χ3v) is 19.4. The van der Waals surface area contributed by atoms with Gasteiger partial charge in [-0.15, -0.1) is 6.58 Å². The van der Waals surface area contributed by atoms with Crippen molar-refractivity contribution in [3.05, 3.63) is 71.4 Å². The predicted octanol–water partition coefficient (Wildman–Crippen LogP) is 33.4. The van der Waals surface area contributed by atoms with Gasteiger partial charge in [-0.1, -0.05) is 358 Å². The van der Waals surface area contributed by atoms with Crippen molar-refractivity contribution in [3.63, 3.8) is 0 Å². The van der Waals surface area contributed by atoms with Gasteiger partial charge in [0, 0.05) is 0 Å². The molecule has 0 heterocycles. The van der Waals surface area contributed by atoms with Crippen LogP contribution in [0.2, 0.25) is 0 Å². The van der Waals surface area contributed by atoms with E-state index in [1.54, 1.807) is 16.7 Å². The van der Waals surface area contributed by atoms with Crippen molar-refractivity contribution in [2.24, 2.45) is 76.9 Å². The zero-order chi connectivity index (χ0) is 70.1. The van der Waals surface area contributed by atoms with Gasteiger partial charge in [-0.05, 0) is 215 Å². The Kier molecular flexibility index (Phi) is 81.0. The zero-order valence-electron chi connectivity index (χ0n) is 68.5. The lowest BCUT2D eigenvalue weighted by Crippen LogP contribution is -1.98. The van der Waals surface area contributed by atoms with Crippen LogP contribution in [-0.2, 0) is 0 Å². The highest BCUT2D eigenvalue weighted by Gasteiger charge is 2.08. The Morgan fingerprint density at radius 1 is 0.300 bits per heavy atom. The van der Waals surface area contributed by atoms with Crippen LogP contribution in [-0.4, -0.2) is 0 Å². The van der Waals surface area contributed by atoms with Crippen molar-refractivity contribution in [3.8, 4) is 0 Å². The largest absolute Gasteiger partial charge is 0.103 e. The molecule has 0 aromatic heterocycles. The molecule has 540 valence electrons. The van der Waals surface area contributed by atoms with Crippen LogP contribution in [0.4, 0.5) is 0 Å². The standard InChI is InChI=1S/6C15H30/c6*1-6-14(4)10-8-12-15(5)11-7-9-13(2)3/h12-14H,6-11H2,1-5H3;10,13,15H,6-9,11-12H2,1-5H3;9,14-15H,6-8,10-12H2,1-5H3;6,13,15H,7-12H2,1-5H3;13,15H,4,6-12H2,1-3,5H3;6,13-15H,1,7-12H2,2-5H3/b15-12+;14-10+;;14-6+;;. The fourth-order valence-corrected chi connectivity index (χ4v) is 11.0. The molecule has 0 saturated carbocycles. The summed E-state index contributed by atoms with van der Waals surface area (Å²) in [4.78, 5) is 0. The highest BCUT2D eigenvalue weighted by atomic mass is 14.1. The van der Waals surface area contributed by atoms with E-state index in [-0.39, 0.29) is 0 Å². The molecule has 0 heteroatoms. The average Bonchev–Trinajstić information content (AvgIpc) is 3.53. The average molecular weight is 1260 g/mol. The normalized spacial score (nSPS) is 14.5. The molecule has 8 unspecified atom stereocenters. The van der Waals surface area contributed by atoms with Crippen LogP contribution in [0.5, 0.6) is 0 Å². The van der Waals surface area contributed by atoms with Crippen LogP contribution in [0.1, 0.15) is 431 Å². The van der Waals surface area contributed by atoms with E-state index in [4.69, 9.17) is 0 Å².